The van der Waals surface area contributed by atoms with Crippen molar-refractivity contribution in [2.75, 3.05) is 26.7 Å². The molecule has 0 bridgehead atoms. The molecule has 0 spiro atoms. The number of nitro groups is 1. The highest BCUT2D eigenvalue weighted by Crippen LogP contribution is 2.30. The lowest BCUT2D eigenvalue weighted by molar-refractivity contribution is -0.384. The lowest BCUT2D eigenvalue weighted by Gasteiger charge is -2.37. The number of non-ortho nitro benzene ring substituents is 1. The van der Waals surface area contributed by atoms with Gasteiger partial charge in [0, 0.05) is 25.2 Å². The Morgan fingerprint density at radius 3 is 2.38 bits per heavy atom. The predicted molar refractivity (Wildman–Crippen MR) is 94.0 cm³/mol. The van der Waals surface area contributed by atoms with E-state index in [0.29, 0.717) is 5.92 Å². The molecule has 24 heavy (non-hydrogen) atoms. The van der Waals surface area contributed by atoms with Crippen molar-refractivity contribution in [3.8, 4) is 0 Å². The van der Waals surface area contributed by atoms with E-state index < -0.39 is 10.3 Å². The molecule has 1 amide bonds. The van der Waals surface area contributed by atoms with Crippen molar-refractivity contribution >= 4 is 11.6 Å². The molecule has 6 nitrogen and oxygen atoms in total. The number of benzene rings is 1. The maximum absolute atomic E-state index is 12.9. The van der Waals surface area contributed by atoms with E-state index in [1.54, 1.807) is 12.1 Å². The zero-order valence-corrected chi connectivity index (χ0v) is 14.7. The second-order valence-corrected chi connectivity index (χ2v) is 7.06. The fourth-order valence-corrected chi connectivity index (χ4v) is 3.29. The Morgan fingerprint density at radius 1 is 1.29 bits per heavy atom. The fourth-order valence-electron chi connectivity index (χ4n) is 3.29. The van der Waals surface area contributed by atoms with Crippen LogP contribution >= 0.6 is 0 Å². The summed E-state index contributed by atoms with van der Waals surface area (Å²) in [5.74, 6) is 0.785. The van der Waals surface area contributed by atoms with Crippen molar-refractivity contribution in [2.24, 2.45) is 5.92 Å². The summed E-state index contributed by atoms with van der Waals surface area (Å²) in [6.45, 7) is 6.40. The van der Waals surface area contributed by atoms with Crippen LogP contribution in [-0.4, -0.2) is 42.4 Å². The number of hydrogen-bond donors (Lipinski definition) is 1. The third-order valence-electron chi connectivity index (χ3n) is 5.04. The maximum Gasteiger partial charge on any atom is 0.269 e. The number of rotatable bonds is 6. The number of likely N-dealkylation sites (tertiary alicyclic amines) is 1. The van der Waals surface area contributed by atoms with Gasteiger partial charge in [-0.25, -0.2) is 0 Å². The SMILES string of the molecule is CNCCC1CCN(C(=O)C(C)(C)c2ccc([N+](=O)[O-])cc2)CC1. The molecule has 2 rings (SSSR count). The highest BCUT2D eigenvalue weighted by Gasteiger charge is 2.35. The molecule has 1 fully saturated rings. The van der Waals surface area contributed by atoms with Gasteiger partial charge in [-0.3, -0.25) is 14.9 Å². The van der Waals surface area contributed by atoms with Crippen LogP contribution in [0.4, 0.5) is 5.69 Å². The van der Waals surface area contributed by atoms with Crippen LogP contribution in [0.15, 0.2) is 24.3 Å². The molecule has 1 aliphatic heterocycles. The van der Waals surface area contributed by atoms with Crippen molar-refractivity contribution in [1.29, 1.82) is 0 Å². The van der Waals surface area contributed by atoms with Gasteiger partial charge in [0.15, 0.2) is 0 Å². The molecule has 0 saturated carbocycles. The predicted octanol–water partition coefficient (Wildman–Crippen LogP) is 2.72. The molecule has 1 saturated heterocycles. The third kappa shape index (κ3) is 4.12. The minimum absolute atomic E-state index is 0.0485. The smallest absolute Gasteiger partial charge is 0.269 e. The Balaban J connectivity index is 2.01. The van der Waals surface area contributed by atoms with E-state index in [1.807, 2.05) is 25.8 Å². The Kier molecular flexibility index (Phi) is 5.94. The highest BCUT2D eigenvalue weighted by atomic mass is 16.6. The molecule has 132 valence electrons. The molecule has 0 atom stereocenters. The zero-order valence-electron chi connectivity index (χ0n) is 14.7. The number of carbonyl (C=O) groups is 1. The molecule has 1 aromatic rings. The Hall–Kier alpha value is -1.95. The first kappa shape index (κ1) is 18.4. The lowest BCUT2D eigenvalue weighted by atomic mass is 9.82. The molecule has 0 unspecified atom stereocenters. The molecular weight excluding hydrogens is 306 g/mol. The number of nitrogens with one attached hydrogen (secondary N) is 1. The topological polar surface area (TPSA) is 75.5 Å². The lowest BCUT2D eigenvalue weighted by Crippen LogP contribution is -2.47. The van der Waals surface area contributed by atoms with Gasteiger partial charge in [-0.15, -0.1) is 0 Å². The van der Waals surface area contributed by atoms with E-state index >= 15 is 0 Å². The molecule has 0 aromatic heterocycles. The molecule has 6 heteroatoms. The van der Waals surface area contributed by atoms with Gasteiger partial charge in [0.1, 0.15) is 0 Å². The molecule has 0 radical (unpaired) electrons. The zero-order chi connectivity index (χ0) is 17.7. The van der Waals surface area contributed by atoms with Crippen molar-refractivity contribution in [1.82, 2.24) is 10.2 Å². The second-order valence-electron chi connectivity index (χ2n) is 7.06. The van der Waals surface area contributed by atoms with E-state index in [2.05, 4.69) is 5.32 Å². The molecule has 1 N–H and O–H groups in total. The summed E-state index contributed by atoms with van der Waals surface area (Å²) in [6.07, 6.45) is 3.25. The number of nitrogens with zero attached hydrogens (tertiary/aromatic N) is 2. The van der Waals surface area contributed by atoms with Crippen LogP contribution in [-0.2, 0) is 10.2 Å². The second kappa shape index (κ2) is 7.75. The van der Waals surface area contributed by atoms with Gasteiger partial charge in [-0.2, -0.15) is 0 Å². The number of piperidine rings is 1. The van der Waals surface area contributed by atoms with Gasteiger partial charge >= 0.3 is 0 Å². The number of nitro benzene ring substituents is 1. The summed E-state index contributed by atoms with van der Waals surface area (Å²) < 4.78 is 0. The van der Waals surface area contributed by atoms with Crippen molar-refractivity contribution in [2.45, 2.75) is 38.5 Å². The van der Waals surface area contributed by atoms with Crippen LogP contribution < -0.4 is 5.32 Å². The van der Waals surface area contributed by atoms with Crippen LogP contribution in [0.2, 0.25) is 0 Å². The van der Waals surface area contributed by atoms with Gasteiger partial charge in [0.25, 0.3) is 5.69 Å². The van der Waals surface area contributed by atoms with Crippen molar-refractivity contribution < 1.29 is 9.72 Å². The van der Waals surface area contributed by atoms with Crippen LogP contribution in [0.5, 0.6) is 0 Å². The van der Waals surface area contributed by atoms with E-state index in [4.69, 9.17) is 0 Å². The molecule has 0 aliphatic carbocycles. The van der Waals surface area contributed by atoms with Crippen LogP contribution in [0.1, 0.15) is 38.7 Å². The first-order chi connectivity index (χ1) is 11.4. The quantitative estimate of drug-likeness (QED) is 0.641. The highest BCUT2D eigenvalue weighted by molar-refractivity contribution is 5.87. The Labute approximate surface area is 143 Å². The number of hydrogen-bond acceptors (Lipinski definition) is 4. The number of carbonyl (C=O) groups excluding carboxylic acids is 1. The molecule has 1 aliphatic rings. The standard InChI is InChI=1S/C18H27N3O3/c1-18(2,15-4-6-16(7-5-15)21(23)24)17(22)20-12-9-14(10-13-20)8-11-19-3/h4-7,14,19H,8-13H2,1-3H3. The average Bonchev–Trinajstić information content (AvgIpc) is 2.59. The fraction of sp³-hybridized carbons (Fsp3) is 0.611. The van der Waals surface area contributed by atoms with Crippen molar-refractivity contribution in [3.63, 3.8) is 0 Å². The summed E-state index contributed by atoms with van der Waals surface area (Å²) in [5.41, 5.74) is 0.190. The van der Waals surface area contributed by atoms with Crippen LogP contribution in [0, 0.1) is 16.0 Å². The van der Waals surface area contributed by atoms with Gasteiger partial charge in [0.2, 0.25) is 5.91 Å². The van der Waals surface area contributed by atoms with Crippen molar-refractivity contribution in [3.05, 3.63) is 39.9 Å². The molecule has 1 heterocycles. The molecule has 1 aromatic carbocycles. The van der Waals surface area contributed by atoms with Crippen LogP contribution in [0.25, 0.3) is 0 Å². The summed E-state index contributed by atoms with van der Waals surface area (Å²) >= 11 is 0. The number of amides is 1. The first-order valence-electron chi connectivity index (χ1n) is 8.55. The van der Waals surface area contributed by atoms with E-state index in [1.165, 1.54) is 12.1 Å². The largest absolute Gasteiger partial charge is 0.342 e. The van der Waals surface area contributed by atoms with Gasteiger partial charge in [-0.05, 0) is 58.2 Å². The Morgan fingerprint density at radius 2 is 1.88 bits per heavy atom. The van der Waals surface area contributed by atoms with E-state index in [0.717, 1.165) is 44.5 Å². The maximum atomic E-state index is 12.9. The normalized spacial score (nSPS) is 16.2. The van der Waals surface area contributed by atoms with E-state index in [-0.39, 0.29) is 11.6 Å². The third-order valence-corrected chi connectivity index (χ3v) is 5.04. The van der Waals surface area contributed by atoms with Gasteiger partial charge < -0.3 is 10.2 Å². The molecular formula is C18H27N3O3. The van der Waals surface area contributed by atoms with Gasteiger partial charge in [0.05, 0.1) is 10.3 Å². The van der Waals surface area contributed by atoms with E-state index in [9.17, 15) is 14.9 Å². The summed E-state index contributed by atoms with van der Waals surface area (Å²) in [6, 6.07) is 6.31. The summed E-state index contributed by atoms with van der Waals surface area (Å²) in [5, 5.41) is 14.0. The first-order valence-corrected chi connectivity index (χ1v) is 8.55. The average molecular weight is 333 g/mol. The summed E-state index contributed by atoms with van der Waals surface area (Å²) in [4.78, 5) is 25.2. The van der Waals surface area contributed by atoms with Crippen LogP contribution in [0.3, 0.4) is 0 Å². The minimum atomic E-state index is -0.674. The summed E-state index contributed by atoms with van der Waals surface area (Å²) in [7, 11) is 1.96. The minimum Gasteiger partial charge on any atom is -0.342 e. The monoisotopic (exact) mass is 333 g/mol. The van der Waals surface area contributed by atoms with Gasteiger partial charge in [-0.1, -0.05) is 12.1 Å². The Bertz CT molecular complexity index is 576.